The van der Waals surface area contributed by atoms with Crippen LogP contribution in [0.5, 0.6) is 0 Å². The maximum absolute atomic E-state index is 12.7. The number of nitrogens with one attached hydrogen (secondary N) is 1. The van der Waals surface area contributed by atoms with Crippen LogP contribution in [0.25, 0.3) is 0 Å². The summed E-state index contributed by atoms with van der Waals surface area (Å²) in [6.45, 7) is 6.37. The van der Waals surface area contributed by atoms with Gasteiger partial charge in [0.05, 0.1) is 6.54 Å². The highest BCUT2D eigenvalue weighted by atomic mass is 19.1. The van der Waals surface area contributed by atoms with E-state index in [0.29, 0.717) is 19.0 Å². The van der Waals surface area contributed by atoms with Crippen molar-refractivity contribution in [3.63, 3.8) is 0 Å². The molecule has 0 aromatic heterocycles. The Balaban J connectivity index is 2.45. The van der Waals surface area contributed by atoms with E-state index in [2.05, 4.69) is 5.32 Å². The zero-order valence-electron chi connectivity index (χ0n) is 12.1. The molecule has 1 aromatic rings. The number of nitrogens with zero attached hydrogens (tertiary/aromatic N) is 1. The second kappa shape index (κ2) is 7.62. The lowest BCUT2D eigenvalue weighted by Gasteiger charge is -2.22. The quantitative estimate of drug-likeness (QED) is 0.866. The topological polar surface area (TPSA) is 49.4 Å². The van der Waals surface area contributed by atoms with Crippen molar-refractivity contribution in [2.45, 2.75) is 27.3 Å². The lowest BCUT2D eigenvalue weighted by Crippen LogP contribution is -2.41. The number of hydrogen-bond acceptors (Lipinski definition) is 2. The summed E-state index contributed by atoms with van der Waals surface area (Å²) in [6, 6.07) is 5.93. The molecule has 0 fully saturated rings. The molecule has 0 saturated carbocycles. The van der Waals surface area contributed by atoms with Gasteiger partial charge in [0.25, 0.3) is 0 Å². The molecule has 0 spiro atoms. The largest absolute Gasteiger partial charge is 0.350 e. The van der Waals surface area contributed by atoms with Crippen LogP contribution < -0.4 is 5.32 Å². The highest BCUT2D eigenvalue weighted by Gasteiger charge is 2.14. The molecular formula is C15H21FN2O2. The molecule has 0 aliphatic heterocycles. The molecular weight excluding hydrogens is 259 g/mol. The molecule has 110 valence electrons. The standard InChI is InChI=1S/C15H21FN2O2/c1-11(2)9-18(12(3)19)10-15(20)17-8-13-4-6-14(16)7-5-13/h4-7,11H,8-10H2,1-3H3,(H,17,20). The van der Waals surface area contributed by atoms with E-state index in [4.69, 9.17) is 0 Å². The van der Waals surface area contributed by atoms with Gasteiger partial charge in [-0.25, -0.2) is 4.39 Å². The van der Waals surface area contributed by atoms with E-state index in [1.54, 1.807) is 12.1 Å². The van der Waals surface area contributed by atoms with Crippen LogP contribution in [0.4, 0.5) is 4.39 Å². The first-order valence-corrected chi connectivity index (χ1v) is 6.65. The second-order valence-electron chi connectivity index (χ2n) is 5.20. The van der Waals surface area contributed by atoms with Crippen molar-refractivity contribution >= 4 is 11.8 Å². The van der Waals surface area contributed by atoms with Crippen LogP contribution in [0.2, 0.25) is 0 Å². The van der Waals surface area contributed by atoms with Gasteiger partial charge in [0.2, 0.25) is 11.8 Å². The van der Waals surface area contributed by atoms with Crippen LogP contribution in [0, 0.1) is 11.7 Å². The van der Waals surface area contributed by atoms with Crippen LogP contribution >= 0.6 is 0 Å². The fraction of sp³-hybridized carbons (Fsp3) is 0.467. The second-order valence-corrected chi connectivity index (χ2v) is 5.20. The van der Waals surface area contributed by atoms with Gasteiger partial charge in [-0.3, -0.25) is 9.59 Å². The number of rotatable bonds is 6. The molecule has 5 heteroatoms. The predicted molar refractivity (Wildman–Crippen MR) is 75.3 cm³/mol. The van der Waals surface area contributed by atoms with Crippen molar-refractivity contribution in [2.75, 3.05) is 13.1 Å². The monoisotopic (exact) mass is 280 g/mol. The van der Waals surface area contributed by atoms with Crippen molar-refractivity contribution in [1.29, 1.82) is 0 Å². The SMILES string of the molecule is CC(=O)N(CC(=O)NCc1ccc(F)cc1)CC(C)C. The number of carbonyl (C=O) groups excluding carboxylic acids is 2. The molecule has 0 saturated heterocycles. The Morgan fingerprint density at radius 1 is 1.25 bits per heavy atom. The zero-order chi connectivity index (χ0) is 15.1. The normalized spacial score (nSPS) is 10.4. The fourth-order valence-electron chi connectivity index (χ4n) is 1.78. The molecule has 1 N–H and O–H groups in total. The van der Waals surface area contributed by atoms with E-state index in [0.717, 1.165) is 5.56 Å². The summed E-state index contributed by atoms with van der Waals surface area (Å²) in [6.07, 6.45) is 0. The van der Waals surface area contributed by atoms with Gasteiger partial charge in [0, 0.05) is 20.0 Å². The first kappa shape index (κ1) is 16.1. The van der Waals surface area contributed by atoms with Crippen molar-refractivity contribution in [3.05, 3.63) is 35.6 Å². The van der Waals surface area contributed by atoms with Gasteiger partial charge in [-0.2, -0.15) is 0 Å². The third-order valence-electron chi connectivity index (χ3n) is 2.77. The number of halogens is 1. The zero-order valence-corrected chi connectivity index (χ0v) is 12.1. The summed E-state index contributed by atoms with van der Waals surface area (Å²) in [5.41, 5.74) is 0.818. The van der Waals surface area contributed by atoms with Crippen LogP contribution in [-0.4, -0.2) is 29.8 Å². The minimum atomic E-state index is -0.306. The van der Waals surface area contributed by atoms with E-state index in [9.17, 15) is 14.0 Å². The third kappa shape index (κ3) is 5.82. The lowest BCUT2D eigenvalue weighted by molar-refractivity contribution is -0.134. The van der Waals surface area contributed by atoms with Crippen LogP contribution in [-0.2, 0) is 16.1 Å². The molecule has 0 heterocycles. The number of amides is 2. The summed E-state index contributed by atoms with van der Waals surface area (Å²) < 4.78 is 12.7. The molecule has 0 bridgehead atoms. The minimum absolute atomic E-state index is 0.0503. The van der Waals surface area contributed by atoms with Gasteiger partial charge in [-0.05, 0) is 23.6 Å². The van der Waals surface area contributed by atoms with Gasteiger partial charge in [-0.15, -0.1) is 0 Å². The van der Waals surface area contributed by atoms with E-state index in [-0.39, 0.29) is 24.2 Å². The van der Waals surface area contributed by atoms with Crippen LogP contribution in [0.1, 0.15) is 26.3 Å². The Morgan fingerprint density at radius 2 is 1.85 bits per heavy atom. The smallest absolute Gasteiger partial charge is 0.239 e. The summed E-state index contributed by atoms with van der Waals surface area (Å²) in [5, 5.41) is 2.72. The molecule has 1 rings (SSSR count). The van der Waals surface area contributed by atoms with E-state index in [1.807, 2.05) is 13.8 Å². The molecule has 0 aliphatic rings. The molecule has 20 heavy (non-hydrogen) atoms. The van der Waals surface area contributed by atoms with Gasteiger partial charge in [0.1, 0.15) is 5.82 Å². The van der Waals surface area contributed by atoms with Crippen LogP contribution in [0.15, 0.2) is 24.3 Å². The summed E-state index contributed by atoms with van der Waals surface area (Å²) in [5.74, 6) is -0.329. The maximum Gasteiger partial charge on any atom is 0.239 e. The van der Waals surface area contributed by atoms with Crippen LogP contribution in [0.3, 0.4) is 0 Å². The Labute approximate surface area is 119 Å². The number of benzene rings is 1. The predicted octanol–water partition coefficient (Wildman–Crippen LogP) is 1.95. The molecule has 0 aliphatic carbocycles. The summed E-state index contributed by atoms with van der Waals surface area (Å²) >= 11 is 0. The van der Waals surface area contributed by atoms with E-state index >= 15 is 0 Å². The van der Waals surface area contributed by atoms with Gasteiger partial charge < -0.3 is 10.2 Å². The van der Waals surface area contributed by atoms with Crippen molar-refractivity contribution < 1.29 is 14.0 Å². The Kier molecular flexibility index (Phi) is 6.15. The lowest BCUT2D eigenvalue weighted by atomic mass is 10.2. The number of hydrogen-bond donors (Lipinski definition) is 1. The Bertz CT molecular complexity index is 457. The summed E-state index contributed by atoms with van der Waals surface area (Å²) in [4.78, 5) is 24.7. The molecule has 0 atom stereocenters. The Hall–Kier alpha value is -1.91. The van der Waals surface area contributed by atoms with Gasteiger partial charge in [-0.1, -0.05) is 26.0 Å². The van der Waals surface area contributed by atoms with Gasteiger partial charge >= 0.3 is 0 Å². The van der Waals surface area contributed by atoms with Crippen molar-refractivity contribution in [1.82, 2.24) is 10.2 Å². The molecule has 2 amide bonds. The summed E-state index contributed by atoms with van der Waals surface area (Å²) in [7, 11) is 0. The highest BCUT2D eigenvalue weighted by molar-refractivity contribution is 5.83. The van der Waals surface area contributed by atoms with E-state index in [1.165, 1.54) is 24.0 Å². The maximum atomic E-state index is 12.7. The number of carbonyl (C=O) groups is 2. The van der Waals surface area contributed by atoms with Gasteiger partial charge in [0.15, 0.2) is 0 Å². The molecule has 1 aromatic carbocycles. The fourth-order valence-corrected chi connectivity index (χ4v) is 1.78. The first-order chi connectivity index (χ1) is 9.38. The minimum Gasteiger partial charge on any atom is -0.350 e. The van der Waals surface area contributed by atoms with Crippen molar-refractivity contribution in [3.8, 4) is 0 Å². The van der Waals surface area contributed by atoms with E-state index < -0.39 is 0 Å². The highest BCUT2D eigenvalue weighted by Crippen LogP contribution is 2.03. The average molecular weight is 280 g/mol. The molecule has 4 nitrogen and oxygen atoms in total. The third-order valence-corrected chi connectivity index (χ3v) is 2.77. The first-order valence-electron chi connectivity index (χ1n) is 6.65. The average Bonchev–Trinajstić information content (AvgIpc) is 2.36. The Morgan fingerprint density at radius 3 is 2.35 bits per heavy atom. The molecule has 0 radical (unpaired) electrons. The molecule has 0 unspecified atom stereocenters. The van der Waals surface area contributed by atoms with Crippen molar-refractivity contribution in [2.24, 2.45) is 5.92 Å².